The molecule has 0 aromatic heterocycles. The smallest absolute Gasteiger partial charge is 0.255 e. The second-order valence-electron chi connectivity index (χ2n) is 5.17. The fourth-order valence-electron chi connectivity index (χ4n) is 2.43. The van der Waals surface area contributed by atoms with Crippen LogP contribution in [-0.4, -0.2) is 25.9 Å². The van der Waals surface area contributed by atoms with Crippen LogP contribution in [0.5, 0.6) is 23.0 Å². The normalized spacial score (nSPS) is 12.0. The van der Waals surface area contributed by atoms with Crippen LogP contribution in [0, 0.1) is 0 Å². The number of carbonyl (C=O) groups excluding carboxylic acids is 1. The minimum absolute atomic E-state index is 0.0940. The topological polar surface area (TPSA) is 66.0 Å². The molecule has 0 atom stereocenters. The zero-order chi connectivity index (χ0) is 17.8. The molecule has 0 aliphatic carbocycles. The number of hydrogen-bond acceptors (Lipinski definition) is 5. The van der Waals surface area contributed by atoms with Gasteiger partial charge in [0.2, 0.25) is 6.79 Å². The van der Waals surface area contributed by atoms with E-state index in [1.54, 1.807) is 30.3 Å². The molecule has 0 spiro atoms. The molecule has 25 heavy (non-hydrogen) atoms. The molecule has 7 heteroatoms. The summed E-state index contributed by atoms with van der Waals surface area (Å²) in [5.74, 6) is 1.81. The number of nitrogens with one attached hydrogen (secondary N) is 1. The Morgan fingerprint density at radius 3 is 2.64 bits per heavy atom. The first-order chi connectivity index (χ1) is 12.1. The van der Waals surface area contributed by atoms with Gasteiger partial charge in [-0.1, -0.05) is 11.6 Å². The molecule has 2 aromatic carbocycles. The number of amides is 1. The Kier molecular flexibility index (Phi) is 5.19. The number of hydrogen-bond donors (Lipinski definition) is 1. The van der Waals surface area contributed by atoms with Gasteiger partial charge >= 0.3 is 0 Å². The summed E-state index contributed by atoms with van der Waals surface area (Å²) in [6.45, 7) is 4.90. The predicted octanol–water partition coefficient (Wildman–Crippen LogP) is 4.12. The maximum Gasteiger partial charge on any atom is 0.255 e. The average molecular weight is 364 g/mol. The Balaban J connectivity index is 1.81. The number of benzene rings is 2. The van der Waals surface area contributed by atoms with Crippen molar-refractivity contribution >= 4 is 23.2 Å². The van der Waals surface area contributed by atoms with E-state index >= 15 is 0 Å². The molecule has 0 radical (unpaired) electrons. The second kappa shape index (κ2) is 7.53. The number of fused-ring (bicyclic) bond motifs is 1. The molecule has 132 valence electrons. The van der Waals surface area contributed by atoms with Crippen LogP contribution in [0.4, 0.5) is 5.69 Å². The average Bonchev–Trinajstić information content (AvgIpc) is 3.07. The summed E-state index contributed by atoms with van der Waals surface area (Å²) in [5.41, 5.74) is 0.965. The molecule has 1 heterocycles. The van der Waals surface area contributed by atoms with Crippen molar-refractivity contribution in [3.8, 4) is 23.0 Å². The summed E-state index contributed by atoms with van der Waals surface area (Å²) >= 11 is 6.12. The Morgan fingerprint density at radius 2 is 1.88 bits per heavy atom. The van der Waals surface area contributed by atoms with Gasteiger partial charge in [0.15, 0.2) is 23.0 Å². The number of rotatable bonds is 6. The van der Waals surface area contributed by atoms with Crippen molar-refractivity contribution in [2.24, 2.45) is 0 Å². The van der Waals surface area contributed by atoms with Crippen molar-refractivity contribution < 1.29 is 23.7 Å². The quantitative estimate of drug-likeness (QED) is 0.836. The van der Waals surface area contributed by atoms with Gasteiger partial charge in [-0.05, 0) is 38.1 Å². The lowest BCUT2D eigenvalue weighted by Crippen LogP contribution is -2.12. The monoisotopic (exact) mass is 363 g/mol. The molecular formula is C18H18ClNO5. The molecule has 3 rings (SSSR count). The van der Waals surface area contributed by atoms with Gasteiger partial charge in [0.05, 0.1) is 18.2 Å². The van der Waals surface area contributed by atoms with Crippen LogP contribution in [0.25, 0.3) is 0 Å². The van der Waals surface area contributed by atoms with Crippen LogP contribution in [0.1, 0.15) is 24.2 Å². The predicted molar refractivity (Wildman–Crippen MR) is 94.3 cm³/mol. The third kappa shape index (κ3) is 3.74. The zero-order valence-electron chi connectivity index (χ0n) is 13.9. The number of halogens is 1. The maximum absolute atomic E-state index is 12.5. The van der Waals surface area contributed by atoms with Crippen LogP contribution in [0.3, 0.4) is 0 Å². The molecule has 1 amide bonds. The Hall–Kier alpha value is -2.60. The fraction of sp³-hybridized carbons (Fsp3) is 0.278. The fourth-order valence-corrected chi connectivity index (χ4v) is 2.70. The standard InChI is InChI=1S/C18H18ClNO5/c1-3-22-14-6-5-12(9-15(14)23-4-2)20-18(21)11-7-13(19)17-16(8-11)24-10-25-17/h5-9H,3-4,10H2,1-2H3,(H,20,21). The summed E-state index contributed by atoms with van der Waals surface area (Å²) in [6.07, 6.45) is 0. The first-order valence-electron chi connectivity index (χ1n) is 7.92. The number of carbonyl (C=O) groups is 1. The van der Waals surface area contributed by atoms with Crippen LogP contribution in [0.2, 0.25) is 5.02 Å². The number of anilines is 1. The highest BCUT2D eigenvalue weighted by Gasteiger charge is 2.21. The van der Waals surface area contributed by atoms with Crippen molar-refractivity contribution in [2.45, 2.75) is 13.8 Å². The molecule has 1 aliphatic heterocycles. The van der Waals surface area contributed by atoms with Crippen molar-refractivity contribution in [3.05, 3.63) is 40.9 Å². The van der Waals surface area contributed by atoms with Crippen LogP contribution in [0.15, 0.2) is 30.3 Å². The van der Waals surface area contributed by atoms with E-state index in [0.717, 1.165) is 0 Å². The van der Waals surface area contributed by atoms with E-state index in [4.69, 9.17) is 30.5 Å². The van der Waals surface area contributed by atoms with Gasteiger partial charge in [0.25, 0.3) is 5.91 Å². The van der Waals surface area contributed by atoms with Gasteiger partial charge in [0, 0.05) is 17.3 Å². The van der Waals surface area contributed by atoms with E-state index in [-0.39, 0.29) is 12.7 Å². The van der Waals surface area contributed by atoms with Gasteiger partial charge in [-0.25, -0.2) is 0 Å². The molecule has 1 N–H and O–H groups in total. The highest BCUT2D eigenvalue weighted by atomic mass is 35.5. The van der Waals surface area contributed by atoms with Crippen molar-refractivity contribution in [1.29, 1.82) is 0 Å². The van der Waals surface area contributed by atoms with E-state index in [1.807, 2.05) is 13.8 Å². The van der Waals surface area contributed by atoms with Crippen LogP contribution in [-0.2, 0) is 0 Å². The summed E-state index contributed by atoms with van der Waals surface area (Å²) in [7, 11) is 0. The summed E-state index contributed by atoms with van der Waals surface area (Å²) in [6, 6.07) is 8.38. The molecule has 2 aromatic rings. The molecular weight excluding hydrogens is 346 g/mol. The first kappa shape index (κ1) is 17.2. The third-order valence-corrected chi connectivity index (χ3v) is 3.77. The SMILES string of the molecule is CCOc1ccc(NC(=O)c2cc(Cl)c3c(c2)OCO3)cc1OCC. The van der Waals surface area contributed by atoms with E-state index in [9.17, 15) is 4.79 Å². The van der Waals surface area contributed by atoms with Crippen LogP contribution >= 0.6 is 11.6 Å². The minimum Gasteiger partial charge on any atom is -0.490 e. The van der Waals surface area contributed by atoms with Gasteiger partial charge in [-0.2, -0.15) is 0 Å². The summed E-state index contributed by atoms with van der Waals surface area (Å²) in [5, 5.41) is 3.15. The van der Waals surface area contributed by atoms with E-state index in [2.05, 4.69) is 5.32 Å². The molecule has 0 saturated carbocycles. The molecule has 6 nitrogen and oxygen atoms in total. The second-order valence-corrected chi connectivity index (χ2v) is 5.58. The van der Waals surface area contributed by atoms with Crippen molar-refractivity contribution in [3.63, 3.8) is 0 Å². The van der Waals surface area contributed by atoms with Crippen LogP contribution < -0.4 is 24.3 Å². The van der Waals surface area contributed by atoms with E-state index < -0.39 is 0 Å². The Bertz CT molecular complexity index is 793. The molecule has 0 bridgehead atoms. The first-order valence-corrected chi connectivity index (χ1v) is 8.30. The van der Waals surface area contributed by atoms with E-state index in [1.165, 1.54) is 0 Å². The zero-order valence-corrected chi connectivity index (χ0v) is 14.7. The summed E-state index contributed by atoms with van der Waals surface area (Å²) in [4.78, 5) is 12.5. The van der Waals surface area contributed by atoms with Gasteiger partial charge in [-0.15, -0.1) is 0 Å². The highest BCUT2D eigenvalue weighted by Crippen LogP contribution is 2.40. The number of ether oxygens (including phenoxy) is 4. The van der Waals surface area contributed by atoms with Gasteiger partial charge in [0.1, 0.15) is 0 Å². The lowest BCUT2D eigenvalue weighted by molar-refractivity contribution is 0.102. The molecule has 0 unspecified atom stereocenters. The lowest BCUT2D eigenvalue weighted by atomic mass is 10.1. The highest BCUT2D eigenvalue weighted by molar-refractivity contribution is 6.32. The molecule has 1 aliphatic rings. The summed E-state index contributed by atoms with van der Waals surface area (Å²) < 4.78 is 21.6. The Labute approximate surface area is 150 Å². The van der Waals surface area contributed by atoms with Gasteiger partial charge in [-0.3, -0.25) is 4.79 Å². The molecule has 0 saturated heterocycles. The Morgan fingerprint density at radius 1 is 1.12 bits per heavy atom. The lowest BCUT2D eigenvalue weighted by Gasteiger charge is -2.13. The third-order valence-electron chi connectivity index (χ3n) is 3.49. The minimum atomic E-state index is -0.313. The molecule has 0 fully saturated rings. The van der Waals surface area contributed by atoms with Gasteiger partial charge < -0.3 is 24.3 Å². The van der Waals surface area contributed by atoms with E-state index in [0.29, 0.717) is 52.5 Å². The van der Waals surface area contributed by atoms with Crippen molar-refractivity contribution in [2.75, 3.05) is 25.3 Å². The van der Waals surface area contributed by atoms with Crippen molar-refractivity contribution in [1.82, 2.24) is 0 Å². The largest absolute Gasteiger partial charge is 0.490 e. The maximum atomic E-state index is 12.5.